The van der Waals surface area contributed by atoms with Crippen molar-refractivity contribution in [2.75, 3.05) is 6.54 Å². The normalized spacial score (nSPS) is 17.7. The summed E-state index contributed by atoms with van der Waals surface area (Å²) in [6.07, 6.45) is 2.93. The molecule has 2 amide bonds. The van der Waals surface area contributed by atoms with E-state index in [1.165, 1.54) is 16.0 Å². The Morgan fingerprint density at radius 1 is 0.920 bits per heavy atom. The van der Waals surface area contributed by atoms with E-state index in [1.54, 1.807) is 24.3 Å². The molecule has 0 fully saturated rings. The fourth-order valence-electron chi connectivity index (χ4n) is 3.99. The van der Waals surface area contributed by atoms with E-state index in [9.17, 15) is 14.7 Å². The quantitative estimate of drug-likeness (QED) is 0.855. The summed E-state index contributed by atoms with van der Waals surface area (Å²) in [5.74, 6) is -0.0601. The van der Waals surface area contributed by atoms with Crippen LogP contribution in [0.5, 0.6) is 0 Å². The number of amides is 2. The minimum atomic E-state index is -0.675. The molecule has 4 heteroatoms. The van der Waals surface area contributed by atoms with Crippen molar-refractivity contribution in [1.82, 2.24) is 4.90 Å². The lowest BCUT2D eigenvalue weighted by molar-refractivity contribution is 0.0525. The largest absolute Gasteiger partial charge is 0.391 e. The maximum absolute atomic E-state index is 12.3. The van der Waals surface area contributed by atoms with Crippen LogP contribution in [0.25, 0.3) is 0 Å². The maximum atomic E-state index is 12.3. The summed E-state index contributed by atoms with van der Waals surface area (Å²) in [5, 5.41) is 10.4. The van der Waals surface area contributed by atoms with Gasteiger partial charge in [0.1, 0.15) is 0 Å². The fourth-order valence-corrected chi connectivity index (χ4v) is 3.99. The molecular formula is C21H21NO3. The molecule has 0 unspecified atom stereocenters. The Kier molecular flexibility index (Phi) is 4.14. The van der Waals surface area contributed by atoms with E-state index in [0.717, 1.165) is 19.3 Å². The zero-order valence-electron chi connectivity index (χ0n) is 14.0. The van der Waals surface area contributed by atoms with Gasteiger partial charge in [0.2, 0.25) is 0 Å². The Morgan fingerprint density at radius 2 is 1.44 bits per heavy atom. The molecule has 1 atom stereocenters. The number of β-amino-alcohol motifs (C(OH)–C–C–N with tert-alkyl or cyclic N) is 1. The molecule has 0 bridgehead atoms. The summed E-state index contributed by atoms with van der Waals surface area (Å²) in [5.41, 5.74) is 3.68. The van der Waals surface area contributed by atoms with Crippen molar-refractivity contribution in [1.29, 1.82) is 0 Å². The van der Waals surface area contributed by atoms with Crippen molar-refractivity contribution in [3.05, 3.63) is 70.8 Å². The first-order valence-electron chi connectivity index (χ1n) is 8.83. The van der Waals surface area contributed by atoms with Gasteiger partial charge in [-0.2, -0.15) is 0 Å². The van der Waals surface area contributed by atoms with Crippen LogP contribution in [-0.4, -0.2) is 34.5 Å². The van der Waals surface area contributed by atoms with Gasteiger partial charge in [0.25, 0.3) is 11.8 Å². The molecule has 1 heterocycles. The van der Waals surface area contributed by atoms with Crippen LogP contribution < -0.4 is 0 Å². The number of carbonyl (C=O) groups excluding carboxylic acids is 2. The van der Waals surface area contributed by atoms with Crippen molar-refractivity contribution < 1.29 is 14.7 Å². The predicted octanol–water partition coefficient (Wildman–Crippen LogP) is 2.84. The van der Waals surface area contributed by atoms with E-state index < -0.39 is 6.10 Å². The van der Waals surface area contributed by atoms with Gasteiger partial charge in [-0.25, -0.2) is 0 Å². The molecule has 1 N–H and O–H groups in total. The van der Waals surface area contributed by atoms with Crippen molar-refractivity contribution in [3.63, 3.8) is 0 Å². The standard InChI is InChI=1S/C21H21NO3/c23-17(10-9-14-11-15-5-1-2-6-16(15)12-14)13-22-20(24)18-7-3-4-8-19(18)21(22)25/h1-8,14,17,23H,9-13H2/t17-/m0/s1. The minimum Gasteiger partial charge on any atom is -0.391 e. The average molecular weight is 335 g/mol. The zero-order valence-corrected chi connectivity index (χ0v) is 14.0. The molecule has 2 aromatic rings. The Bertz CT molecular complexity index is 769. The molecular weight excluding hydrogens is 314 g/mol. The van der Waals surface area contributed by atoms with Crippen LogP contribution in [0, 0.1) is 5.92 Å². The van der Waals surface area contributed by atoms with E-state index in [2.05, 4.69) is 24.3 Å². The lowest BCUT2D eigenvalue weighted by Gasteiger charge is -2.19. The van der Waals surface area contributed by atoms with Gasteiger partial charge >= 0.3 is 0 Å². The Balaban J connectivity index is 1.33. The molecule has 1 aliphatic carbocycles. The molecule has 4 nitrogen and oxygen atoms in total. The first-order chi connectivity index (χ1) is 12.1. The number of benzene rings is 2. The molecule has 0 spiro atoms. The third-order valence-electron chi connectivity index (χ3n) is 5.32. The topological polar surface area (TPSA) is 57.6 Å². The van der Waals surface area contributed by atoms with Crippen molar-refractivity contribution in [2.24, 2.45) is 5.92 Å². The van der Waals surface area contributed by atoms with Crippen LogP contribution in [0.2, 0.25) is 0 Å². The second kappa shape index (κ2) is 6.45. The van der Waals surface area contributed by atoms with E-state index in [0.29, 0.717) is 23.5 Å². The number of aliphatic hydroxyl groups is 1. The van der Waals surface area contributed by atoms with E-state index in [-0.39, 0.29) is 18.4 Å². The molecule has 2 aromatic carbocycles. The van der Waals surface area contributed by atoms with Gasteiger partial charge in [-0.3, -0.25) is 14.5 Å². The lowest BCUT2D eigenvalue weighted by atomic mass is 9.98. The molecule has 0 saturated carbocycles. The maximum Gasteiger partial charge on any atom is 0.261 e. The first-order valence-corrected chi connectivity index (χ1v) is 8.83. The van der Waals surface area contributed by atoms with Crippen molar-refractivity contribution >= 4 is 11.8 Å². The number of fused-ring (bicyclic) bond motifs is 2. The van der Waals surface area contributed by atoms with Crippen LogP contribution in [0.4, 0.5) is 0 Å². The highest BCUT2D eigenvalue weighted by molar-refractivity contribution is 6.21. The van der Waals surface area contributed by atoms with Crippen molar-refractivity contribution in [3.8, 4) is 0 Å². The van der Waals surface area contributed by atoms with Crippen molar-refractivity contribution in [2.45, 2.75) is 31.8 Å². The summed E-state index contributed by atoms with van der Waals surface area (Å²) in [4.78, 5) is 25.9. The molecule has 2 aliphatic rings. The van der Waals surface area contributed by atoms with E-state index in [1.807, 2.05) is 0 Å². The highest BCUT2D eigenvalue weighted by atomic mass is 16.3. The SMILES string of the molecule is O=C1c2ccccc2C(=O)N1C[C@@H](O)CCC1Cc2ccccc2C1. The van der Waals surface area contributed by atoms with Gasteiger partial charge in [-0.05, 0) is 54.9 Å². The Labute approximate surface area is 147 Å². The minimum absolute atomic E-state index is 0.0754. The molecule has 0 saturated heterocycles. The monoisotopic (exact) mass is 335 g/mol. The van der Waals surface area contributed by atoms with Crippen LogP contribution in [0.3, 0.4) is 0 Å². The van der Waals surface area contributed by atoms with Gasteiger partial charge in [0, 0.05) is 0 Å². The zero-order chi connectivity index (χ0) is 17.4. The number of hydrogen-bond acceptors (Lipinski definition) is 3. The molecule has 1 aliphatic heterocycles. The van der Waals surface area contributed by atoms with Crippen LogP contribution in [0.15, 0.2) is 48.5 Å². The lowest BCUT2D eigenvalue weighted by Crippen LogP contribution is -2.37. The number of nitrogens with zero attached hydrogens (tertiary/aromatic N) is 1. The molecule has 128 valence electrons. The fraction of sp³-hybridized carbons (Fsp3) is 0.333. The highest BCUT2D eigenvalue weighted by Crippen LogP contribution is 2.30. The first kappa shape index (κ1) is 16.0. The number of hydrogen-bond donors (Lipinski definition) is 1. The third kappa shape index (κ3) is 2.98. The molecule has 4 rings (SSSR count). The number of carbonyl (C=O) groups is 2. The smallest absolute Gasteiger partial charge is 0.261 e. The van der Waals surface area contributed by atoms with Gasteiger partial charge < -0.3 is 5.11 Å². The van der Waals surface area contributed by atoms with Gasteiger partial charge in [0.05, 0.1) is 23.8 Å². The summed E-state index contributed by atoms with van der Waals surface area (Å²) >= 11 is 0. The van der Waals surface area contributed by atoms with Crippen LogP contribution in [0.1, 0.15) is 44.7 Å². The molecule has 0 aromatic heterocycles. The van der Waals surface area contributed by atoms with E-state index in [4.69, 9.17) is 0 Å². The second-order valence-electron chi connectivity index (χ2n) is 7.04. The summed E-state index contributed by atoms with van der Waals surface area (Å²) in [6.45, 7) is 0.0754. The van der Waals surface area contributed by atoms with Crippen LogP contribution in [-0.2, 0) is 12.8 Å². The second-order valence-corrected chi connectivity index (χ2v) is 7.04. The van der Waals surface area contributed by atoms with Gasteiger partial charge in [-0.15, -0.1) is 0 Å². The summed E-state index contributed by atoms with van der Waals surface area (Å²) in [6, 6.07) is 15.3. The molecule has 0 radical (unpaired) electrons. The highest BCUT2D eigenvalue weighted by Gasteiger charge is 2.36. The average Bonchev–Trinajstić information content (AvgIpc) is 3.15. The van der Waals surface area contributed by atoms with Crippen LogP contribution >= 0.6 is 0 Å². The Morgan fingerprint density at radius 3 is 2.00 bits per heavy atom. The number of rotatable bonds is 5. The van der Waals surface area contributed by atoms with E-state index >= 15 is 0 Å². The Hall–Kier alpha value is -2.46. The van der Waals surface area contributed by atoms with Gasteiger partial charge in [-0.1, -0.05) is 36.4 Å². The predicted molar refractivity (Wildman–Crippen MR) is 94.4 cm³/mol. The summed E-state index contributed by atoms with van der Waals surface area (Å²) < 4.78 is 0. The third-order valence-corrected chi connectivity index (χ3v) is 5.32. The number of aliphatic hydroxyl groups excluding tert-OH is 1. The van der Waals surface area contributed by atoms with Gasteiger partial charge in [0.15, 0.2) is 0 Å². The molecule has 25 heavy (non-hydrogen) atoms. The number of imide groups is 1. The summed E-state index contributed by atoms with van der Waals surface area (Å²) in [7, 11) is 0.